The lowest BCUT2D eigenvalue weighted by Gasteiger charge is -2.36. The van der Waals surface area contributed by atoms with Crippen LogP contribution in [0.3, 0.4) is 0 Å². The maximum atomic E-state index is 13.4. The highest BCUT2D eigenvalue weighted by atomic mass is 16.2. The Labute approximate surface area is 165 Å². The van der Waals surface area contributed by atoms with Gasteiger partial charge in [0, 0.05) is 38.4 Å². The van der Waals surface area contributed by atoms with Crippen LogP contribution in [-0.4, -0.2) is 51.9 Å². The van der Waals surface area contributed by atoms with Crippen molar-refractivity contribution in [3.63, 3.8) is 0 Å². The van der Waals surface area contributed by atoms with E-state index in [4.69, 9.17) is 0 Å². The highest BCUT2D eigenvalue weighted by Gasteiger charge is 2.43. The summed E-state index contributed by atoms with van der Waals surface area (Å²) in [6.45, 7) is 2.12. The molecule has 2 atom stereocenters. The van der Waals surface area contributed by atoms with Gasteiger partial charge >= 0.3 is 0 Å². The van der Waals surface area contributed by atoms with Gasteiger partial charge in [-0.1, -0.05) is 30.3 Å². The topological polar surface area (TPSA) is 45.6 Å². The molecule has 146 valence electrons. The van der Waals surface area contributed by atoms with Crippen LogP contribution in [-0.2, 0) is 11.8 Å². The number of fused-ring (bicyclic) bond motifs is 4. The van der Waals surface area contributed by atoms with Crippen LogP contribution < -0.4 is 0 Å². The summed E-state index contributed by atoms with van der Waals surface area (Å²) in [4.78, 5) is 30.3. The van der Waals surface area contributed by atoms with Crippen molar-refractivity contribution in [2.24, 2.45) is 18.9 Å². The molecule has 2 amide bonds. The van der Waals surface area contributed by atoms with Gasteiger partial charge in [0.1, 0.15) is 5.69 Å². The fraction of sp³-hybridized carbons (Fsp3) is 0.478. The number of nitrogens with zero attached hydrogens (tertiary/aromatic N) is 3. The van der Waals surface area contributed by atoms with Gasteiger partial charge in [-0.2, -0.15) is 0 Å². The van der Waals surface area contributed by atoms with Gasteiger partial charge in [-0.05, 0) is 49.3 Å². The SMILES string of the molecule is Cn1c(C(=O)N2CC3CCC(C2)N(CC2CC2)C3=O)ccc1-c1ccccc1. The zero-order valence-electron chi connectivity index (χ0n) is 16.4. The van der Waals surface area contributed by atoms with Crippen molar-refractivity contribution in [3.8, 4) is 11.3 Å². The molecule has 1 saturated carbocycles. The molecule has 1 aromatic heterocycles. The number of carbonyl (C=O) groups is 2. The summed E-state index contributed by atoms with van der Waals surface area (Å²) < 4.78 is 1.98. The van der Waals surface area contributed by atoms with E-state index in [9.17, 15) is 9.59 Å². The quantitative estimate of drug-likeness (QED) is 0.822. The van der Waals surface area contributed by atoms with Crippen molar-refractivity contribution in [2.45, 2.75) is 31.7 Å². The molecular formula is C23H27N3O2. The van der Waals surface area contributed by atoms with Gasteiger partial charge in [-0.25, -0.2) is 0 Å². The first-order valence-corrected chi connectivity index (χ1v) is 10.4. The average molecular weight is 377 g/mol. The summed E-state index contributed by atoms with van der Waals surface area (Å²) in [5.41, 5.74) is 2.83. The molecule has 4 aliphatic rings. The van der Waals surface area contributed by atoms with Crippen molar-refractivity contribution >= 4 is 11.8 Å². The summed E-state index contributed by atoms with van der Waals surface area (Å²) in [6, 6.07) is 14.3. The van der Waals surface area contributed by atoms with Crippen LogP contribution >= 0.6 is 0 Å². The Morgan fingerprint density at radius 1 is 1.00 bits per heavy atom. The van der Waals surface area contributed by atoms with Crippen LogP contribution in [0.1, 0.15) is 36.2 Å². The number of benzene rings is 1. The molecule has 3 aliphatic heterocycles. The van der Waals surface area contributed by atoms with Crippen molar-refractivity contribution in [1.82, 2.24) is 14.4 Å². The summed E-state index contributed by atoms with van der Waals surface area (Å²) in [6.07, 6.45) is 4.43. The largest absolute Gasteiger partial charge is 0.340 e. The van der Waals surface area contributed by atoms with Crippen LogP contribution in [0.2, 0.25) is 0 Å². The van der Waals surface area contributed by atoms with Crippen LogP contribution in [0.15, 0.2) is 42.5 Å². The number of aromatic nitrogens is 1. The zero-order valence-corrected chi connectivity index (χ0v) is 16.4. The Hall–Kier alpha value is -2.56. The van der Waals surface area contributed by atoms with E-state index < -0.39 is 0 Å². The molecule has 1 aromatic carbocycles. The van der Waals surface area contributed by atoms with E-state index in [-0.39, 0.29) is 23.8 Å². The van der Waals surface area contributed by atoms with Crippen LogP contribution in [0.4, 0.5) is 0 Å². The highest BCUT2D eigenvalue weighted by Crippen LogP contribution is 2.36. The van der Waals surface area contributed by atoms with Gasteiger partial charge in [0.15, 0.2) is 0 Å². The Balaban J connectivity index is 1.39. The maximum Gasteiger partial charge on any atom is 0.270 e. The van der Waals surface area contributed by atoms with Gasteiger partial charge in [0.05, 0.1) is 5.92 Å². The normalized spacial score (nSPS) is 24.5. The summed E-state index contributed by atoms with van der Waals surface area (Å²) >= 11 is 0. The summed E-state index contributed by atoms with van der Waals surface area (Å²) in [5, 5.41) is 0. The number of carbonyl (C=O) groups excluding carboxylic acids is 2. The van der Waals surface area contributed by atoms with E-state index in [2.05, 4.69) is 17.0 Å². The molecule has 5 heteroatoms. The third kappa shape index (κ3) is 3.03. The Morgan fingerprint density at radius 3 is 2.54 bits per heavy atom. The number of hydrogen-bond donors (Lipinski definition) is 0. The average Bonchev–Trinajstić information content (AvgIpc) is 3.50. The van der Waals surface area contributed by atoms with Gasteiger partial charge in [0.2, 0.25) is 5.91 Å². The molecule has 2 unspecified atom stereocenters. The second kappa shape index (κ2) is 6.80. The first-order chi connectivity index (χ1) is 13.6. The van der Waals surface area contributed by atoms with Gasteiger partial charge < -0.3 is 14.4 Å². The lowest BCUT2D eigenvalue weighted by atomic mass is 9.94. The Morgan fingerprint density at radius 2 is 1.79 bits per heavy atom. The van der Waals surface area contributed by atoms with Crippen molar-refractivity contribution in [1.29, 1.82) is 0 Å². The predicted molar refractivity (Wildman–Crippen MR) is 108 cm³/mol. The van der Waals surface area contributed by atoms with E-state index in [1.165, 1.54) is 12.8 Å². The molecule has 5 nitrogen and oxygen atoms in total. The molecule has 3 saturated heterocycles. The van der Waals surface area contributed by atoms with Crippen molar-refractivity contribution < 1.29 is 9.59 Å². The molecule has 6 rings (SSSR count). The number of rotatable bonds is 4. The van der Waals surface area contributed by atoms with Gasteiger partial charge in [0.25, 0.3) is 5.91 Å². The smallest absolute Gasteiger partial charge is 0.270 e. The first kappa shape index (κ1) is 17.5. The van der Waals surface area contributed by atoms with Crippen LogP contribution in [0.25, 0.3) is 11.3 Å². The molecule has 0 radical (unpaired) electrons. The predicted octanol–water partition coefficient (Wildman–Crippen LogP) is 3.17. The number of amides is 2. The van der Waals surface area contributed by atoms with Crippen molar-refractivity contribution in [2.75, 3.05) is 19.6 Å². The third-order valence-corrected chi connectivity index (χ3v) is 6.64. The minimum Gasteiger partial charge on any atom is -0.340 e. The second-order valence-electron chi connectivity index (χ2n) is 8.60. The van der Waals surface area contributed by atoms with E-state index >= 15 is 0 Å². The molecule has 2 bridgehead atoms. The molecule has 28 heavy (non-hydrogen) atoms. The van der Waals surface area contributed by atoms with E-state index in [0.29, 0.717) is 24.7 Å². The van der Waals surface area contributed by atoms with Gasteiger partial charge in [-0.15, -0.1) is 0 Å². The molecule has 0 N–H and O–H groups in total. The zero-order chi connectivity index (χ0) is 19.3. The van der Waals surface area contributed by atoms with E-state index in [1.807, 2.05) is 46.8 Å². The summed E-state index contributed by atoms with van der Waals surface area (Å²) in [7, 11) is 1.95. The molecule has 0 spiro atoms. The fourth-order valence-corrected chi connectivity index (χ4v) is 4.81. The highest BCUT2D eigenvalue weighted by molar-refractivity contribution is 5.94. The minimum absolute atomic E-state index is 0.0321. The summed E-state index contributed by atoms with van der Waals surface area (Å²) in [5.74, 6) is 0.974. The molecule has 2 aromatic rings. The third-order valence-electron chi connectivity index (χ3n) is 6.64. The molecule has 4 heterocycles. The van der Waals surface area contributed by atoms with Crippen molar-refractivity contribution in [3.05, 3.63) is 48.2 Å². The lowest BCUT2D eigenvalue weighted by molar-refractivity contribution is -0.140. The minimum atomic E-state index is -0.0321. The monoisotopic (exact) mass is 377 g/mol. The molecule has 1 aliphatic carbocycles. The standard InChI is InChI=1S/C23H27N3O2/c1-24-20(17-5-3-2-4-6-17)11-12-21(24)23(28)25-14-18-9-10-19(15-25)26(22(18)27)13-16-7-8-16/h2-6,11-12,16,18-19H,7-10,13-15H2,1H3. The van der Waals surface area contributed by atoms with E-state index in [0.717, 1.165) is 30.6 Å². The molecular weight excluding hydrogens is 350 g/mol. The molecule has 4 fully saturated rings. The Bertz CT molecular complexity index is 900. The number of piperidine rings is 1. The van der Waals surface area contributed by atoms with Crippen LogP contribution in [0.5, 0.6) is 0 Å². The number of hydrogen-bond acceptors (Lipinski definition) is 2. The maximum absolute atomic E-state index is 13.4. The van der Waals surface area contributed by atoms with Gasteiger partial charge in [-0.3, -0.25) is 9.59 Å². The van der Waals surface area contributed by atoms with E-state index in [1.54, 1.807) is 0 Å². The first-order valence-electron chi connectivity index (χ1n) is 10.4. The second-order valence-corrected chi connectivity index (χ2v) is 8.60. The fourth-order valence-electron chi connectivity index (χ4n) is 4.81. The van der Waals surface area contributed by atoms with Crippen LogP contribution in [0, 0.1) is 11.8 Å². The Kier molecular flexibility index (Phi) is 4.26. The lowest BCUT2D eigenvalue weighted by Crippen LogP contribution is -2.48.